The van der Waals surface area contributed by atoms with Gasteiger partial charge < -0.3 is 18.8 Å². The van der Waals surface area contributed by atoms with Crippen molar-refractivity contribution < 1.29 is 13.9 Å². The Morgan fingerprint density at radius 2 is 1.81 bits per heavy atom. The van der Waals surface area contributed by atoms with Crippen LogP contribution in [0.3, 0.4) is 0 Å². The molecule has 6 heteroatoms. The second-order valence-electron chi connectivity index (χ2n) is 7.92. The zero-order chi connectivity index (χ0) is 21.2. The highest BCUT2D eigenvalue weighted by atomic mass is 16.5. The summed E-state index contributed by atoms with van der Waals surface area (Å²) in [5.41, 5.74) is 4.34. The van der Waals surface area contributed by atoms with Crippen LogP contribution >= 0.6 is 0 Å². The smallest absolute Gasteiger partial charge is 0.134 e. The molecule has 160 valence electrons. The number of anilines is 1. The summed E-state index contributed by atoms with van der Waals surface area (Å²) in [4.78, 5) is 9.57. The maximum absolute atomic E-state index is 5.72. The Morgan fingerprint density at radius 3 is 2.61 bits per heavy atom. The van der Waals surface area contributed by atoms with E-state index in [2.05, 4.69) is 33.0 Å². The normalized spacial score (nSPS) is 15.0. The summed E-state index contributed by atoms with van der Waals surface area (Å²) >= 11 is 0. The van der Waals surface area contributed by atoms with Gasteiger partial charge in [0.15, 0.2) is 0 Å². The SMILES string of the molecule is COc1cc(N2CCN(CCc3coc4ccc(OC)cc34)CC2)c2ncccc2c1. The van der Waals surface area contributed by atoms with E-state index in [-0.39, 0.29) is 0 Å². The average Bonchev–Trinajstić information content (AvgIpc) is 3.24. The van der Waals surface area contributed by atoms with Crippen molar-refractivity contribution >= 4 is 27.6 Å². The molecule has 2 aromatic carbocycles. The van der Waals surface area contributed by atoms with Gasteiger partial charge in [0.05, 0.1) is 31.7 Å². The van der Waals surface area contributed by atoms with E-state index in [4.69, 9.17) is 13.9 Å². The van der Waals surface area contributed by atoms with Crippen molar-refractivity contribution in [2.75, 3.05) is 51.8 Å². The van der Waals surface area contributed by atoms with E-state index in [1.54, 1.807) is 14.2 Å². The zero-order valence-corrected chi connectivity index (χ0v) is 18.0. The molecule has 3 heterocycles. The van der Waals surface area contributed by atoms with Crippen LogP contribution in [0, 0.1) is 0 Å². The molecule has 5 rings (SSSR count). The second kappa shape index (κ2) is 8.47. The third-order valence-electron chi connectivity index (χ3n) is 6.17. The van der Waals surface area contributed by atoms with E-state index in [0.717, 1.165) is 78.2 Å². The average molecular weight is 418 g/mol. The molecule has 2 aromatic heterocycles. The minimum atomic E-state index is 0.864. The van der Waals surface area contributed by atoms with Crippen LogP contribution < -0.4 is 14.4 Å². The predicted molar refractivity (Wildman–Crippen MR) is 123 cm³/mol. The van der Waals surface area contributed by atoms with Crippen molar-refractivity contribution in [1.29, 1.82) is 0 Å². The summed E-state index contributed by atoms with van der Waals surface area (Å²) in [5.74, 6) is 1.74. The molecule has 0 bridgehead atoms. The molecule has 6 nitrogen and oxygen atoms in total. The van der Waals surface area contributed by atoms with Gasteiger partial charge in [-0.3, -0.25) is 9.88 Å². The molecule has 0 spiro atoms. The Morgan fingerprint density at radius 1 is 0.968 bits per heavy atom. The van der Waals surface area contributed by atoms with E-state index in [1.165, 1.54) is 5.56 Å². The molecule has 0 radical (unpaired) electrons. The van der Waals surface area contributed by atoms with Gasteiger partial charge in [-0.05, 0) is 42.3 Å². The van der Waals surface area contributed by atoms with Crippen molar-refractivity contribution in [3.63, 3.8) is 0 Å². The van der Waals surface area contributed by atoms with Crippen LogP contribution in [0.15, 0.2) is 59.3 Å². The fourth-order valence-electron chi connectivity index (χ4n) is 4.38. The minimum absolute atomic E-state index is 0.864. The Balaban J connectivity index is 1.26. The summed E-state index contributed by atoms with van der Waals surface area (Å²) in [5, 5.41) is 2.26. The Bertz CT molecular complexity index is 1200. The molecule has 4 aromatic rings. The second-order valence-corrected chi connectivity index (χ2v) is 7.92. The molecular formula is C25H27N3O3. The van der Waals surface area contributed by atoms with Crippen molar-refractivity contribution in [2.45, 2.75) is 6.42 Å². The van der Waals surface area contributed by atoms with Crippen molar-refractivity contribution in [3.8, 4) is 11.5 Å². The van der Waals surface area contributed by atoms with E-state index in [0.29, 0.717) is 0 Å². The van der Waals surface area contributed by atoms with Gasteiger partial charge in [0, 0.05) is 55.8 Å². The highest BCUT2D eigenvalue weighted by molar-refractivity contribution is 5.92. The van der Waals surface area contributed by atoms with Gasteiger partial charge in [-0.2, -0.15) is 0 Å². The molecule has 31 heavy (non-hydrogen) atoms. The van der Waals surface area contributed by atoms with Crippen LogP contribution in [-0.2, 0) is 6.42 Å². The Hall–Kier alpha value is -3.25. The summed E-state index contributed by atoms with van der Waals surface area (Å²) < 4.78 is 16.6. The number of methoxy groups -OCH3 is 2. The number of benzene rings is 2. The number of piperazine rings is 1. The number of nitrogens with zero attached hydrogens (tertiary/aromatic N) is 3. The molecule has 1 fully saturated rings. The first-order valence-corrected chi connectivity index (χ1v) is 10.7. The number of furan rings is 1. The third-order valence-corrected chi connectivity index (χ3v) is 6.17. The molecule has 0 aliphatic carbocycles. The predicted octanol–water partition coefficient (Wildman–Crippen LogP) is 4.36. The molecular weight excluding hydrogens is 390 g/mol. The van der Waals surface area contributed by atoms with Gasteiger partial charge in [-0.15, -0.1) is 0 Å². The van der Waals surface area contributed by atoms with Crippen LogP contribution in [0.1, 0.15) is 5.56 Å². The van der Waals surface area contributed by atoms with Gasteiger partial charge in [0.2, 0.25) is 0 Å². The first kappa shape index (κ1) is 19.7. The molecule has 1 aliphatic heterocycles. The van der Waals surface area contributed by atoms with E-state index >= 15 is 0 Å². The van der Waals surface area contributed by atoms with Crippen LogP contribution in [0.2, 0.25) is 0 Å². The lowest BCUT2D eigenvalue weighted by atomic mass is 10.1. The molecule has 1 aliphatic rings. The molecule has 0 atom stereocenters. The van der Waals surface area contributed by atoms with Gasteiger partial charge >= 0.3 is 0 Å². The van der Waals surface area contributed by atoms with Crippen molar-refractivity contribution in [1.82, 2.24) is 9.88 Å². The first-order valence-electron chi connectivity index (χ1n) is 10.7. The highest BCUT2D eigenvalue weighted by Gasteiger charge is 2.20. The van der Waals surface area contributed by atoms with Gasteiger partial charge in [0.1, 0.15) is 17.1 Å². The Labute approximate surface area is 182 Å². The largest absolute Gasteiger partial charge is 0.497 e. The van der Waals surface area contributed by atoms with E-state index in [1.807, 2.05) is 36.7 Å². The van der Waals surface area contributed by atoms with Gasteiger partial charge in [-0.25, -0.2) is 0 Å². The first-order chi connectivity index (χ1) is 15.2. The third kappa shape index (κ3) is 3.91. The summed E-state index contributed by atoms with van der Waals surface area (Å²) in [6, 6.07) is 14.2. The van der Waals surface area contributed by atoms with Crippen molar-refractivity contribution in [3.05, 3.63) is 60.5 Å². The number of fused-ring (bicyclic) bond motifs is 2. The number of pyridine rings is 1. The Kier molecular flexibility index (Phi) is 5.38. The van der Waals surface area contributed by atoms with Crippen LogP contribution in [0.5, 0.6) is 11.5 Å². The summed E-state index contributed by atoms with van der Waals surface area (Å²) in [7, 11) is 3.41. The molecule has 0 saturated carbocycles. The van der Waals surface area contributed by atoms with E-state index in [9.17, 15) is 0 Å². The minimum Gasteiger partial charge on any atom is -0.497 e. The topological polar surface area (TPSA) is 51.0 Å². The maximum Gasteiger partial charge on any atom is 0.134 e. The number of ether oxygens (including phenoxy) is 2. The molecule has 0 unspecified atom stereocenters. The monoisotopic (exact) mass is 417 g/mol. The lowest BCUT2D eigenvalue weighted by molar-refractivity contribution is 0.261. The van der Waals surface area contributed by atoms with Crippen LogP contribution in [0.25, 0.3) is 21.9 Å². The van der Waals surface area contributed by atoms with Crippen molar-refractivity contribution in [2.24, 2.45) is 0 Å². The fourth-order valence-corrected chi connectivity index (χ4v) is 4.38. The quantitative estimate of drug-likeness (QED) is 0.465. The summed E-state index contributed by atoms with van der Waals surface area (Å²) in [6.07, 6.45) is 4.71. The van der Waals surface area contributed by atoms with E-state index < -0.39 is 0 Å². The highest BCUT2D eigenvalue weighted by Crippen LogP contribution is 2.31. The number of hydrogen-bond donors (Lipinski definition) is 0. The van der Waals surface area contributed by atoms with Crippen LogP contribution in [-0.4, -0.2) is 56.8 Å². The fraction of sp³-hybridized carbons (Fsp3) is 0.320. The molecule has 1 saturated heterocycles. The number of hydrogen-bond acceptors (Lipinski definition) is 6. The standard InChI is InChI=1S/C25H27N3O3/c1-29-20-5-6-24-22(15-20)19(17-31-24)7-9-27-10-12-28(13-11-27)23-16-21(30-2)14-18-4-3-8-26-25(18)23/h3-6,8,14-17H,7,9-13H2,1-2H3. The molecule has 0 amide bonds. The molecule has 0 N–H and O–H groups in total. The summed E-state index contributed by atoms with van der Waals surface area (Å²) in [6.45, 7) is 4.99. The number of aromatic nitrogens is 1. The van der Waals surface area contributed by atoms with Crippen LogP contribution in [0.4, 0.5) is 5.69 Å². The zero-order valence-electron chi connectivity index (χ0n) is 18.0. The lowest BCUT2D eigenvalue weighted by Crippen LogP contribution is -2.47. The van der Waals surface area contributed by atoms with Gasteiger partial charge in [-0.1, -0.05) is 6.07 Å². The number of rotatable bonds is 6. The van der Waals surface area contributed by atoms with Gasteiger partial charge in [0.25, 0.3) is 0 Å². The lowest BCUT2D eigenvalue weighted by Gasteiger charge is -2.36. The maximum atomic E-state index is 5.72.